The molecule has 0 nitrogen and oxygen atoms in total. The van der Waals surface area contributed by atoms with Crippen molar-refractivity contribution < 1.29 is 0 Å². The molecule has 0 saturated heterocycles. The highest BCUT2D eigenvalue weighted by Crippen LogP contribution is 2.61. The Morgan fingerprint density at radius 2 is 1.00 bits per heavy atom. The lowest BCUT2D eigenvalue weighted by molar-refractivity contribution is 0.402. The van der Waals surface area contributed by atoms with Crippen molar-refractivity contribution >= 4 is 0 Å². The van der Waals surface area contributed by atoms with Crippen LogP contribution >= 0.6 is 0 Å². The van der Waals surface area contributed by atoms with E-state index in [1.807, 2.05) is 11.1 Å². The zero-order valence-electron chi connectivity index (χ0n) is 11.7. The molecule has 0 amide bonds. The topological polar surface area (TPSA) is 0 Å². The van der Waals surface area contributed by atoms with Crippen molar-refractivity contribution in [1.29, 1.82) is 0 Å². The van der Waals surface area contributed by atoms with E-state index in [-0.39, 0.29) is 0 Å². The predicted molar refractivity (Wildman–Crippen MR) is 80.7 cm³/mol. The predicted octanol–water partition coefficient (Wildman–Crippen LogP) is 4.30. The first-order valence-corrected chi connectivity index (χ1v) is 8.35. The summed E-state index contributed by atoms with van der Waals surface area (Å²) in [6.45, 7) is 0. The van der Waals surface area contributed by atoms with E-state index < -0.39 is 0 Å². The Morgan fingerprint density at radius 1 is 0.550 bits per heavy atom. The molecule has 0 spiro atoms. The Bertz CT molecular complexity index is 585. The van der Waals surface area contributed by atoms with Crippen LogP contribution in [0.25, 0.3) is 0 Å². The Kier molecular flexibility index (Phi) is 1.72. The largest absolute Gasteiger partial charge is 0.0842 e. The van der Waals surface area contributed by atoms with Crippen molar-refractivity contribution in [3.8, 4) is 0 Å². The van der Waals surface area contributed by atoms with Crippen LogP contribution in [-0.2, 0) is 0 Å². The third kappa shape index (κ3) is 1.05. The summed E-state index contributed by atoms with van der Waals surface area (Å²) in [6.07, 6.45) is 22.7. The van der Waals surface area contributed by atoms with Crippen LogP contribution < -0.4 is 0 Å². The van der Waals surface area contributed by atoms with Crippen LogP contribution in [0, 0.1) is 47.3 Å². The normalized spacial score (nSPS) is 59.2. The molecule has 0 aromatic carbocycles. The lowest BCUT2D eigenvalue weighted by Crippen LogP contribution is -2.12. The van der Waals surface area contributed by atoms with E-state index in [0.29, 0.717) is 0 Å². The van der Waals surface area contributed by atoms with E-state index >= 15 is 0 Å². The number of hydrogen-bond donors (Lipinski definition) is 0. The van der Waals surface area contributed by atoms with Gasteiger partial charge in [0.25, 0.3) is 0 Å². The molecule has 0 aliphatic heterocycles. The van der Waals surface area contributed by atoms with Gasteiger partial charge in [-0.3, -0.25) is 0 Å². The van der Waals surface area contributed by atoms with Gasteiger partial charge in [0, 0.05) is 11.8 Å². The highest BCUT2D eigenvalue weighted by molar-refractivity contribution is 5.44. The molecule has 6 aliphatic carbocycles. The fraction of sp³-hybridized carbons (Fsp3) is 0.500. The van der Waals surface area contributed by atoms with Crippen LogP contribution in [0.5, 0.6) is 0 Å². The highest BCUT2D eigenvalue weighted by atomic mass is 14.6. The minimum absolute atomic E-state index is 0.760. The van der Waals surface area contributed by atoms with Crippen molar-refractivity contribution in [2.24, 2.45) is 47.3 Å². The van der Waals surface area contributed by atoms with Gasteiger partial charge in [-0.25, -0.2) is 0 Å². The van der Waals surface area contributed by atoms with E-state index in [1.165, 1.54) is 12.8 Å². The molecule has 6 aliphatic rings. The molecule has 0 N–H and O–H groups in total. The lowest BCUT2D eigenvalue weighted by Gasteiger charge is -2.19. The van der Waals surface area contributed by atoms with Crippen LogP contribution in [0.1, 0.15) is 12.8 Å². The van der Waals surface area contributed by atoms with Crippen molar-refractivity contribution in [2.45, 2.75) is 12.8 Å². The fourth-order valence-corrected chi connectivity index (χ4v) is 6.35. The van der Waals surface area contributed by atoms with E-state index in [1.54, 1.807) is 0 Å². The van der Waals surface area contributed by atoms with Gasteiger partial charge in [0.1, 0.15) is 0 Å². The molecule has 8 atom stereocenters. The maximum Gasteiger partial charge on any atom is 0.00227 e. The summed E-state index contributed by atoms with van der Waals surface area (Å²) >= 11 is 0. The van der Waals surface area contributed by atoms with Crippen molar-refractivity contribution in [1.82, 2.24) is 0 Å². The Morgan fingerprint density at radius 3 is 1.50 bits per heavy atom. The summed E-state index contributed by atoms with van der Waals surface area (Å²) in [4.78, 5) is 0. The first-order chi connectivity index (χ1) is 9.90. The van der Waals surface area contributed by atoms with Gasteiger partial charge in [0.2, 0.25) is 0 Å². The van der Waals surface area contributed by atoms with E-state index in [9.17, 15) is 0 Å². The summed E-state index contributed by atoms with van der Waals surface area (Å²) in [6, 6.07) is 0. The molecule has 0 radical (unpaired) electrons. The van der Waals surface area contributed by atoms with Gasteiger partial charge in [-0.15, -0.1) is 0 Å². The second-order valence-corrected chi connectivity index (χ2v) is 7.69. The van der Waals surface area contributed by atoms with Crippen LogP contribution in [0.3, 0.4) is 0 Å². The van der Waals surface area contributed by atoms with Crippen LogP contribution in [0.2, 0.25) is 0 Å². The third-order valence-electron chi connectivity index (χ3n) is 7.08. The summed E-state index contributed by atoms with van der Waals surface area (Å²) in [5.74, 6) is 6.57. The molecule has 0 bridgehead atoms. The standard InChI is InChI=1S/C20H20/c1-3-13-9-17(15-7-5-11(1)19(13)15)18-10-14-4-2-12-6-8-16(18)20(12)14/h1-8,11-16,19-20H,9-10H2/b18-17-/t11-,12-,13-,14+,15-,16+,19-,20+/m1/s1. The molecular formula is C20H20. The Hall–Kier alpha value is -1.30. The Balaban J connectivity index is 1.48. The van der Waals surface area contributed by atoms with Gasteiger partial charge >= 0.3 is 0 Å². The zero-order valence-corrected chi connectivity index (χ0v) is 11.7. The van der Waals surface area contributed by atoms with Gasteiger partial charge < -0.3 is 0 Å². The zero-order chi connectivity index (χ0) is 12.8. The van der Waals surface area contributed by atoms with Crippen molar-refractivity contribution in [3.63, 3.8) is 0 Å². The minimum atomic E-state index is 0.760. The second kappa shape index (κ2) is 3.30. The van der Waals surface area contributed by atoms with Crippen LogP contribution in [0.4, 0.5) is 0 Å². The third-order valence-corrected chi connectivity index (χ3v) is 7.08. The van der Waals surface area contributed by atoms with Crippen molar-refractivity contribution in [2.75, 3.05) is 0 Å². The highest BCUT2D eigenvalue weighted by Gasteiger charge is 2.51. The average Bonchev–Trinajstić information content (AvgIpc) is 3.18. The smallest absolute Gasteiger partial charge is 0.00227 e. The Labute approximate surface area is 120 Å². The van der Waals surface area contributed by atoms with Gasteiger partial charge in [0.15, 0.2) is 0 Å². The molecule has 100 valence electrons. The molecule has 0 heteroatoms. The quantitative estimate of drug-likeness (QED) is 0.570. The first kappa shape index (κ1) is 10.4. The SMILES string of the molecule is C1=C[C@@H]2C/C(=C3\C[C@@H]4C=C[C@@H]5C=C[C@@H]3[C@@H]54)[C@H]3C=C[C@@H]1[C@H]23. The molecule has 0 unspecified atom stereocenters. The van der Waals surface area contributed by atoms with E-state index in [2.05, 4.69) is 48.6 Å². The summed E-state index contributed by atoms with van der Waals surface area (Å²) in [5.41, 5.74) is 3.70. The minimum Gasteiger partial charge on any atom is -0.0842 e. The number of rotatable bonds is 0. The maximum atomic E-state index is 2.54. The molecule has 6 rings (SSSR count). The fourth-order valence-electron chi connectivity index (χ4n) is 6.35. The summed E-state index contributed by atoms with van der Waals surface area (Å²) in [5, 5.41) is 0. The average molecular weight is 260 g/mol. The van der Waals surface area contributed by atoms with Gasteiger partial charge in [0.05, 0.1) is 0 Å². The van der Waals surface area contributed by atoms with Crippen molar-refractivity contribution in [3.05, 3.63) is 59.8 Å². The van der Waals surface area contributed by atoms with Gasteiger partial charge in [-0.2, -0.15) is 0 Å². The first-order valence-electron chi connectivity index (χ1n) is 8.35. The van der Waals surface area contributed by atoms with E-state index in [4.69, 9.17) is 0 Å². The molecular weight excluding hydrogens is 240 g/mol. The number of hydrogen-bond acceptors (Lipinski definition) is 0. The molecule has 0 aromatic heterocycles. The van der Waals surface area contributed by atoms with Crippen LogP contribution in [0.15, 0.2) is 59.8 Å². The molecule has 0 aromatic rings. The molecule has 2 fully saturated rings. The summed E-state index contributed by atoms with van der Waals surface area (Å²) < 4.78 is 0. The molecule has 2 saturated carbocycles. The lowest BCUT2D eigenvalue weighted by atomic mass is 9.85. The van der Waals surface area contributed by atoms with Gasteiger partial charge in [-0.1, -0.05) is 59.8 Å². The maximum absolute atomic E-state index is 2.54. The van der Waals surface area contributed by atoms with Crippen LogP contribution in [-0.4, -0.2) is 0 Å². The molecule has 0 heterocycles. The second-order valence-electron chi connectivity index (χ2n) is 7.69. The van der Waals surface area contributed by atoms with E-state index in [0.717, 1.165) is 47.3 Å². The molecule has 20 heavy (non-hydrogen) atoms. The monoisotopic (exact) mass is 260 g/mol. The summed E-state index contributed by atoms with van der Waals surface area (Å²) in [7, 11) is 0. The number of allylic oxidation sites excluding steroid dienone is 10. The van der Waals surface area contributed by atoms with Gasteiger partial charge in [-0.05, 0) is 48.3 Å².